The molecule has 2 aromatic carbocycles. The van der Waals surface area contributed by atoms with Crippen molar-refractivity contribution in [3.8, 4) is 17.2 Å². The third-order valence-electron chi connectivity index (χ3n) is 6.19. The van der Waals surface area contributed by atoms with Crippen LogP contribution >= 0.6 is 0 Å². The van der Waals surface area contributed by atoms with Gasteiger partial charge in [0.15, 0.2) is 5.54 Å². The molecule has 1 aliphatic heterocycles. The van der Waals surface area contributed by atoms with Gasteiger partial charge >= 0.3 is 5.97 Å². The first-order valence-electron chi connectivity index (χ1n) is 13.4. The summed E-state index contributed by atoms with van der Waals surface area (Å²) in [5.74, 6) is 1.61. The van der Waals surface area contributed by atoms with E-state index in [2.05, 4.69) is 5.32 Å². The van der Waals surface area contributed by atoms with Gasteiger partial charge in [-0.25, -0.2) is 4.99 Å². The molecule has 1 amide bonds. The summed E-state index contributed by atoms with van der Waals surface area (Å²) in [6, 6.07) is 12.7. The van der Waals surface area contributed by atoms with Crippen molar-refractivity contribution in [2.45, 2.75) is 57.6 Å². The predicted molar refractivity (Wildman–Crippen MR) is 150 cm³/mol. The molecule has 1 heterocycles. The van der Waals surface area contributed by atoms with E-state index >= 15 is 0 Å². The molecule has 0 unspecified atom stereocenters. The third kappa shape index (κ3) is 8.61. The van der Waals surface area contributed by atoms with Crippen LogP contribution in [-0.2, 0) is 25.5 Å². The van der Waals surface area contributed by atoms with Crippen LogP contribution in [0.4, 0.5) is 0 Å². The van der Waals surface area contributed by atoms with Gasteiger partial charge < -0.3 is 34.1 Å². The number of rotatable bonds is 14. The maximum atomic E-state index is 13.6. The Labute approximate surface area is 235 Å². The number of amides is 1. The number of nitrogens with zero attached hydrogens (tertiary/aromatic N) is 1. The van der Waals surface area contributed by atoms with Crippen molar-refractivity contribution in [1.29, 1.82) is 0 Å². The Bertz CT molecular complexity index is 1170. The summed E-state index contributed by atoms with van der Waals surface area (Å²) in [4.78, 5) is 30.8. The van der Waals surface area contributed by atoms with Crippen LogP contribution in [0.25, 0.3) is 0 Å². The molecular weight excluding hydrogens is 516 g/mol. The Kier molecular flexibility index (Phi) is 10.8. The first-order chi connectivity index (χ1) is 19.1. The Hall–Kier alpha value is -3.79. The number of ether oxygens (including phenoxy) is 5. The summed E-state index contributed by atoms with van der Waals surface area (Å²) in [5.41, 5.74) is -0.356. The number of hydrogen-bond acceptors (Lipinski definition) is 9. The van der Waals surface area contributed by atoms with Gasteiger partial charge in [0.25, 0.3) is 5.91 Å². The smallest absolute Gasteiger partial charge is 0.306 e. The highest BCUT2D eigenvalue weighted by molar-refractivity contribution is 6.00. The first-order valence-corrected chi connectivity index (χ1v) is 13.4. The number of benzene rings is 2. The van der Waals surface area contributed by atoms with Gasteiger partial charge in [0.1, 0.15) is 29.5 Å². The van der Waals surface area contributed by atoms with E-state index < -0.39 is 17.1 Å². The van der Waals surface area contributed by atoms with E-state index in [-0.39, 0.29) is 32.0 Å². The zero-order valence-corrected chi connectivity index (χ0v) is 24.0. The highest BCUT2D eigenvalue weighted by atomic mass is 16.6. The van der Waals surface area contributed by atoms with Crippen molar-refractivity contribution >= 4 is 17.8 Å². The number of esters is 1. The number of aliphatic hydroxyl groups is 1. The molecule has 0 aromatic heterocycles. The van der Waals surface area contributed by atoms with Crippen LogP contribution in [0.2, 0.25) is 0 Å². The van der Waals surface area contributed by atoms with Gasteiger partial charge in [-0.2, -0.15) is 0 Å². The van der Waals surface area contributed by atoms with Crippen LogP contribution in [0.5, 0.6) is 17.2 Å². The second kappa shape index (κ2) is 14.0. The van der Waals surface area contributed by atoms with Crippen molar-refractivity contribution in [1.82, 2.24) is 5.32 Å². The molecule has 0 saturated carbocycles. The minimum atomic E-state index is -1.29. The maximum absolute atomic E-state index is 13.6. The molecule has 10 nitrogen and oxygen atoms in total. The molecule has 0 radical (unpaired) electrons. The van der Waals surface area contributed by atoms with Crippen molar-refractivity contribution in [2.24, 2.45) is 4.99 Å². The fraction of sp³-hybridized carbons (Fsp3) is 0.500. The molecular formula is C30H40N2O8. The molecule has 1 atom stereocenters. The van der Waals surface area contributed by atoms with Crippen LogP contribution in [0.1, 0.15) is 51.2 Å². The lowest BCUT2D eigenvalue weighted by atomic mass is 9.94. The second-order valence-corrected chi connectivity index (χ2v) is 10.5. The largest absolute Gasteiger partial charge is 0.497 e. The van der Waals surface area contributed by atoms with E-state index in [0.717, 1.165) is 5.56 Å². The normalized spacial score (nSPS) is 16.5. The number of aliphatic imine (C=N–C) groups is 1. The number of nitrogens with one attached hydrogen (secondary N) is 1. The molecule has 3 rings (SSSR count). The highest BCUT2D eigenvalue weighted by Gasteiger charge is 2.44. The standard InChI is InChI=1S/C30H40N2O8/c1-29(2,3)40-26(34)13-15-30(28(35)31-16-14-22-19-24(36-4)11-12-25(22)37-5)20-39-27(32-30)21-7-9-23(10-8-21)38-18-6-17-33/h7-12,19,33H,6,13-18,20H2,1-5H3,(H,31,35)/t30-/m1/s1. The zero-order valence-electron chi connectivity index (χ0n) is 24.0. The molecule has 0 spiro atoms. The Morgan fingerprint density at radius 3 is 2.45 bits per heavy atom. The molecule has 0 fully saturated rings. The summed E-state index contributed by atoms with van der Waals surface area (Å²) < 4.78 is 27.7. The number of carbonyl (C=O) groups is 2. The Balaban J connectivity index is 1.75. The van der Waals surface area contributed by atoms with Crippen molar-refractivity contribution < 1.29 is 38.4 Å². The van der Waals surface area contributed by atoms with Gasteiger partial charge in [-0.1, -0.05) is 0 Å². The van der Waals surface area contributed by atoms with Gasteiger partial charge in [0.05, 0.1) is 20.8 Å². The average Bonchev–Trinajstić information content (AvgIpc) is 3.37. The van der Waals surface area contributed by atoms with Gasteiger partial charge in [-0.3, -0.25) is 9.59 Å². The van der Waals surface area contributed by atoms with Gasteiger partial charge in [-0.15, -0.1) is 0 Å². The number of methoxy groups -OCH3 is 2. The lowest BCUT2D eigenvalue weighted by Crippen LogP contribution is -2.47. The third-order valence-corrected chi connectivity index (χ3v) is 6.19. The quantitative estimate of drug-likeness (QED) is 0.268. The fourth-order valence-corrected chi connectivity index (χ4v) is 4.15. The number of aliphatic hydroxyl groups excluding tert-OH is 1. The van der Waals surface area contributed by atoms with Crippen molar-refractivity contribution in [2.75, 3.05) is 40.6 Å². The molecule has 0 bridgehead atoms. The lowest BCUT2D eigenvalue weighted by Gasteiger charge is -2.24. The number of hydrogen-bond donors (Lipinski definition) is 2. The van der Waals surface area contributed by atoms with E-state index in [9.17, 15) is 9.59 Å². The van der Waals surface area contributed by atoms with Gasteiger partial charge in [0.2, 0.25) is 5.90 Å². The summed E-state index contributed by atoms with van der Waals surface area (Å²) in [6.45, 7) is 6.17. The van der Waals surface area contributed by atoms with Crippen LogP contribution < -0.4 is 19.5 Å². The Morgan fingerprint density at radius 2 is 1.80 bits per heavy atom. The first kappa shape index (κ1) is 30.7. The minimum Gasteiger partial charge on any atom is -0.497 e. The van der Waals surface area contributed by atoms with Crippen molar-refractivity contribution in [3.63, 3.8) is 0 Å². The molecule has 0 aliphatic carbocycles. The Morgan fingerprint density at radius 1 is 1.07 bits per heavy atom. The predicted octanol–water partition coefficient (Wildman–Crippen LogP) is 3.46. The van der Waals surface area contributed by atoms with Gasteiger partial charge in [0, 0.05) is 31.6 Å². The summed E-state index contributed by atoms with van der Waals surface area (Å²) in [7, 11) is 3.19. The molecule has 0 saturated heterocycles. The SMILES string of the molecule is COc1ccc(OC)c(CCNC(=O)[C@@]2(CCC(=O)OC(C)(C)C)COC(c3ccc(OCCCO)cc3)=N2)c1. The molecule has 1 aliphatic rings. The van der Waals surface area contributed by atoms with E-state index in [1.165, 1.54) is 0 Å². The van der Waals surface area contributed by atoms with Crippen LogP contribution in [0.3, 0.4) is 0 Å². The molecule has 2 N–H and O–H groups in total. The maximum Gasteiger partial charge on any atom is 0.306 e. The number of carbonyl (C=O) groups excluding carboxylic acids is 2. The van der Waals surface area contributed by atoms with Gasteiger partial charge in [-0.05, 0) is 81.6 Å². The highest BCUT2D eigenvalue weighted by Crippen LogP contribution is 2.29. The zero-order chi connectivity index (χ0) is 29.2. The molecule has 40 heavy (non-hydrogen) atoms. The van der Waals surface area contributed by atoms with Crippen LogP contribution in [-0.4, -0.2) is 74.6 Å². The fourth-order valence-electron chi connectivity index (χ4n) is 4.15. The monoisotopic (exact) mass is 556 g/mol. The van der Waals surface area contributed by atoms with E-state index in [0.29, 0.717) is 54.7 Å². The summed E-state index contributed by atoms with van der Waals surface area (Å²) in [6.07, 6.45) is 1.18. The van der Waals surface area contributed by atoms with E-state index in [1.54, 1.807) is 59.3 Å². The molecule has 10 heteroatoms. The summed E-state index contributed by atoms with van der Waals surface area (Å²) in [5, 5.41) is 11.9. The second-order valence-electron chi connectivity index (χ2n) is 10.5. The van der Waals surface area contributed by atoms with Crippen molar-refractivity contribution in [3.05, 3.63) is 53.6 Å². The molecule has 218 valence electrons. The van der Waals surface area contributed by atoms with E-state index in [1.807, 2.05) is 18.2 Å². The molecule has 2 aromatic rings. The average molecular weight is 557 g/mol. The minimum absolute atomic E-state index is 0.00576. The van der Waals surface area contributed by atoms with Crippen LogP contribution in [0.15, 0.2) is 47.5 Å². The lowest BCUT2D eigenvalue weighted by molar-refractivity contribution is -0.155. The topological polar surface area (TPSA) is 125 Å². The van der Waals surface area contributed by atoms with Crippen LogP contribution in [0, 0.1) is 0 Å². The summed E-state index contributed by atoms with van der Waals surface area (Å²) >= 11 is 0. The van der Waals surface area contributed by atoms with E-state index in [4.69, 9.17) is 33.8 Å².